The fourth-order valence-electron chi connectivity index (χ4n) is 4.13. The molecule has 0 aliphatic rings. The summed E-state index contributed by atoms with van der Waals surface area (Å²) in [7, 11) is 0. The van der Waals surface area contributed by atoms with Crippen LogP contribution in [0.25, 0.3) is 22.1 Å². The lowest BCUT2D eigenvalue weighted by molar-refractivity contribution is -0.142. The van der Waals surface area contributed by atoms with Crippen LogP contribution in [-0.4, -0.2) is 29.3 Å². The number of furan rings is 1. The van der Waals surface area contributed by atoms with Crippen molar-refractivity contribution in [2.24, 2.45) is 0 Å². The first-order chi connectivity index (χ1) is 18.6. The lowest BCUT2D eigenvalue weighted by Gasteiger charge is -2.19. The summed E-state index contributed by atoms with van der Waals surface area (Å²) < 4.78 is 22.5. The van der Waals surface area contributed by atoms with Gasteiger partial charge in [0.15, 0.2) is 0 Å². The Morgan fingerprint density at radius 2 is 1.87 bits per heavy atom. The number of aryl methyl sites for hydroxylation is 1. The Kier molecular flexibility index (Phi) is 8.54. The molecule has 204 valence electrons. The zero-order valence-electron chi connectivity index (χ0n) is 23.0. The fraction of sp³-hybridized carbons (Fsp3) is 0.323. The second kappa shape index (κ2) is 12.0. The molecule has 0 atom stereocenters. The Balaban J connectivity index is 1.55. The van der Waals surface area contributed by atoms with Gasteiger partial charge in [0, 0.05) is 22.7 Å². The average molecular weight is 531 g/mol. The molecule has 0 aliphatic heterocycles. The van der Waals surface area contributed by atoms with E-state index in [1.165, 1.54) is 0 Å². The number of amides is 1. The van der Waals surface area contributed by atoms with Gasteiger partial charge >= 0.3 is 12.1 Å². The van der Waals surface area contributed by atoms with E-state index >= 15 is 0 Å². The number of alkyl carbamates (subject to hydrolysis) is 1. The number of carbonyl (C=O) groups is 2. The molecule has 1 N–H and O–H groups in total. The maximum absolute atomic E-state index is 12.1. The highest BCUT2D eigenvalue weighted by Crippen LogP contribution is 2.32. The van der Waals surface area contributed by atoms with Gasteiger partial charge in [-0.1, -0.05) is 12.1 Å². The number of aromatic nitrogens is 1. The number of ether oxygens (including phenoxy) is 3. The molecule has 0 saturated heterocycles. The van der Waals surface area contributed by atoms with Crippen molar-refractivity contribution in [1.82, 2.24) is 10.3 Å². The number of esters is 1. The average Bonchev–Trinajstić information content (AvgIpc) is 3.35. The maximum atomic E-state index is 12.1. The van der Waals surface area contributed by atoms with Gasteiger partial charge < -0.3 is 23.9 Å². The van der Waals surface area contributed by atoms with Gasteiger partial charge in [-0.3, -0.25) is 9.78 Å². The first-order valence-corrected chi connectivity index (χ1v) is 12.9. The van der Waals surface area contributed by atoms with E-state index in [1.54, 1.807) is 19.4 Å². The molecule has 0 spiro atoms. The molecule has 0 aliphatic carbocycles. The van der Waals surface area contributed by atoms with E-state index < -0.39 is 11.7 Å². The summed E-state index contributed by atoms with van der Waals surface area (Å²) in [4.78, 5) is 28.6. The molecule has 39 heavy (non-hydrogen) atoms. The van der Waals surface area contributed by atoms with Gasteiger partial charge in [0.25, 0.3) is 0 Å². The predicted molar refractivity (Wildman–Crippen MR) is 148 cm³/mol. The molecular weight excluding hydrogens is 496 g/mol. The van der Waals surface area contributed by atoms with Crippen molar-refractivity contribution in [1.29, 1.82) is 0 Å². The Hall–Kier alpha value is -4.33. The van der Waals surface area contributed by atoms with Crippen LogP contribution in [0.3, 0.4) is 0 Å². The highest BCUT2D eigenvalue weighted by molar-refractivity contribution is 5.93. The van der Waals surface area contributed by atoms with E-state index in [2.05, 4.69) is 10.3 Å². The Morgan fingerprint density at radius 3 is 2.64 bits per heavy atom. The van der Waals surface area contributed by atoms with E-state index in [1.807, 2.05) is 76.2 Å². The molecule has 8 nitrogen and oxygen atoms in total. The smallest absolute Gasteiger partial charge is 0.407 e. The van der Waals surface area contributed by atoms with E-state index in [-0.39, 0.29) is 18.9 Å². The third-order valence-corrected chi connectivity index (χ3v) is 5.81. The zero-order valence-corrected chi connectivity index (χ0v) is 23.0. The Morgan fingerprint density at radius 1 is 1.05 bits per heavy atom. The normalized spacial score (nSPS) is 11.3. The number of pyridine rings is 1. The van der Waals surface area contributed by atoms with Crippen molar-refractivity contribution >= 4 is 23.0 Å². The molecule has 0 unspecified atom stereocenters. The summed E-state index contributed by atoms with van der Waals surface area (Å²) >= 11 is 0. The van der Waals surface area contributed by atoms with Crippen LogP contribution in [0.1, 0.15) is 50.1 Å². The molecule has 2 aromatic carbocycles. The molecule has 4 aromatic rings. The van der Waals surface area contributed by atoms with Gasteiger partial charge in [0.1, 0.15) is 23.5 Å². The molecule has 4 rings (SSSR count). The summed E-state index contributed by atoms with van der Waals surface area (Å²) in [5, 5.41) is 3.68. The van der Waals surface area contributed by atoms with Gasteiger partial charge in [-0.05, 0) is 87.7 Å². The minimum Gasteiger partial charge on any atom is -0.489 e. The lowest BCUT2D eigenvalue weighted by Crippen LogP contribution is -2.32. The molecule has 1 amide bonds. The minimum absolute atomic E-state index is 0.145. The molecule has 0 bridgehead atoms. The zero-order chi connectivity index (χ0) is 28.0. The first kappa shape index (κ1) is 27.7. The summed E-state index contributed by atoms with van der Waals surface area (Å²) in [5.41, 5.74) is 5.38. The van der Waals surface area contributed by atoms with E-state index in [0.29, 0.717) is 24.7 Å². The van der Waals surface area contributed by atoms with Gasteiger partial charge in [-0.15, -0.1) is 0 Å². The van der Waals surface area contributed by atoms with Crippen molar-refractivity contribution in [3.8, 4) is 16.9 Å². The largest absolute Gasteiger partial charge is 0.489 e. The second-order valence-corrected chi connectivity index (χ2v) is 10.3. The lowest BCUT2D eigenvalue weighted by atomic mass is 10.0. The summed E-state index contributed by atoms with van der Waals surface area (Å²) in [6, 6.07) is 15.6. The predicted octanol–water partition coefficient (Wildman–Crippen LogP) is 6.51. The highest BCUT2D eigenvalue weighted by Gasteiger charge is 2.17. The number of nitrogens with one attached hydrogen (secondary N) is 1. The van der Waals surface area contributed by atoms with Crippen LogP contribution in [0.4, 0.5) is 4.79 Å². The van der Waals surface area contributed by atoms with Crippen LogP contribution < -0.4 is 10.1 Å². The Bertz CT molecular complexity index is 1470. The van der Waals surface area contributed by atoms with Gasteiger partial charge in [-0.2, -0.15) is 0 Å². The third kappa shape index (κ3) is 7.60. The summed E-state index contributed by atoms with van der Waals surface area (Å²) in [5.74, 6) is 0.360. The number of hydrogen-bond acceptors (Lipinski definition) is 7. The fourth-order valence-corrected chi connectivity index (χ4v) is 4.13. The molecular formula is C31H34N2O6. The van der Waals surface area contributed by atoms with Crippen molar-refractivity contribution in [3.63, 3.8) is 0 Å². The third-order valence-electron chi connectivity index (χ3n) is 5.81. The van der Waals surface area contributed by atoms with E-state index in [0.717, 1.165) is 38.8 Å². The quantitative estimate of drug-likeness (QED) is 0.246. The number of benzene rings is 2. The number of rotatable bonds is 9. The molecule has 0 radical (unpaired) electrons. The van der Waals surface area contributed by atoms with Crippen molar-refractivity contribution < 1.29 is 28.2 Å². The number of hydrogen-bond donors (Lipinski definition) is 1. The van der Waals surface area contributed by atoms with Crippen LogP contribution in [0.5, 0.6) is 5.75 Å². The van der Waals surface area contributed by atoms with Crippen LogP contribution in [0, 0.1) is 6.92 Å². The minimum atomic E-state index is -0.579. The molecule has 0 saturated carbocycles. The number of nitrogens with zero attached hydrogens (tertiary/aromatic N) is 1. The Labute approximate surface area is 228 Å². The van der Waals surface area contributed by atoms with Crippen molar-refractivity contribution in [3.05, 3.63) is 83.4 Å². The number of fused-ring (bicyclic) bond motifs is 1. The standard InChI is InChI=1S/C31H34N2O6/c1-6-36-28(34)17-23-8-7-20(2)13-27(23)38-19-21-14-24-10-12-37-29(24)26(15-21)22-9-11-32-25(16-22)18-33-30(35)39-31(3,4)5/h7-16H,6,17-19H2,1-5H3,(H,33,35). The summed E-state index contributed by atoms with van der Waals surface area (Å²) in [6.45, 7) is 10.1. The molecule has 8 heteroatoms. The summed E-state index contributed by atoms with van der Waals surface area (Å²) in [6.07, 6.45) is 3.00. The highest BCUT2D eigenvalue weighted by atomic mass is 16.6. The topological polar surface area (TPSA) is 99.9 Å². The van der Waals surface area contributed by atoms with E-state index in [9.17, 15) is 9.59 Å². The van der Waals surface area contributed by atoms with Crippen LogP contribution in [0.15, 0.2) is 65.4 Å². The van der Waals surface area contributed by atoms with Gasteiger partial charge in [-0.25, -0.2) is 4.79 Å². The monoisotopic (exact) mass is 530 g/mol. The van der Waals surface area contributed by atoms with Crippen LogP contribution in [0.2, 0.25) is 0 Å². The van der Waals surface area contributed by atoms with Crippen molar-refractivity contribution in [2.75, 3.05) is 6.61 Å². The van der Waals surface area contributed by atoms with Gasteiger partial charge in [0.05, 0.1) is 31.5 Å². The van der Waals surface area contributed by atoms with Crippen LogP contribution in [-0.2, 0) is 33.8 Å². The molecule has 0 fully saturated rings. The van der Waals surface area contributed by atoms with Crippen molar-refractivity contribution in [2.45, 2.75) is 59.8 Å². The maximum Gasteiger partial charge on any atom is 0.407 e. The molecule has 2 heterocycles. The number of carbonyl (C=O) groups excluding carboxylic acids is 2. The van der Waals surface area contributed by atoms with E-state index in [4.69, 9.17) is 18.6 Å². The van der Waals surface area contributed by atoms with Gasteiger partial charge in [0.2, 0.25) is 0 Å². The second-order valence-electron chi connectivity index (χ2n) is 10.3. The first-order valence-electron chi connectivity index (χ1n) is 12.9. The SMILES string of the molecule is CCOC(=O)Cc1ccc(C)cc1OCc1cc(-c2ccnc(CNC(=O)OC(C)(C)C)c2)c2occc2c1. The van der Waals surface area contributed by atoms with Crippen LogP contribution >= 0.6 is 0 Å². The molecule has 2 aromatic heterocycles.